The number of aliphatic hydroxyl groups excluding tert-OH is 1. The smallest absolute Gasteiger partial charge is 0.110 e. The maximum atomic E-state index is 9.41. The Labute approximate surface area is 125 Å². The van der Waals surface area contributed by atoms with Gasteiger partial charge in [0.15, 0.2) is 0 Å². The molecule has 0 amide bonds. The van der Waals surface area contributed by atoms with Gasteiger partial charge in [-0.3, -0.25) is 4.57 Å². The number of aryl methyl sites for hydroxylation is 1. The fraction of sp³-hybridized carbons (Fsp3) is 0.471. The van der Waals surface area contributed by atoms with Crippen LogP contribution in [0.25, 0.3) is 5.69 Å². The van der Waals surface area contributed by atoms with Crippen LogP contribution in [-0.2, 0) is 6.54 Å². The van der Waals surface area contributed by atoms with Crippen LogP contribution in [0.1, 0.15) is 30.8 Å². The molecule has 0 saturated heterocycles. The molecular weight excluding hydrogens is 262 g/mol. The molecule has 0 aliphatic heterocycles. The van der Waals surface area contributed by atoms with E-state index in [9.17, 15) is 5.11 Å². The zero-order valence-corrected chi connectivity index (χ0v) is 12.5. The quantitative estimate of drug-likeness (QED) is 0.887. The highest BCUT2D eigenvalue weighted by atomic mass is 16.3. The summed E-state index contributed by atoms with van der Waals surface area (Å²) in [6, 6.07) is 10.7. The summed E-state index contributed by atoms with van der Waals surface area (Å²) >= 11 is 0. The van der Waals surface area contributed by atoms with E-state index in [1.54, 1.807) is 0 Å². The van der Waals surface area contributed by atoms with Crippen molar-refractivity contribution in [2.75, 3.05) is 6.61 Å². The molecule has 2 N–H and O–H groups in total. The molecule has 1 aromatic heterocycles. The van der Waals surface area contributed by atoms with Gasteiger partial charge in [-0.2, -0.15) is 0 Å². The molecule has 0 spiro atoms. The average Bonchev–Trinajstić information content (AvgIpc) is 3.12. The van der Waals surface area contributed by atoms with Gasteiger partial charge in [0.05, 0.1) is 11.9 Å². The Morgan fingerprint density at radius 1 is 1.29 bits per heavy atom. The van der Waals surface area contributed by atoms with Gasteiger partial charge >= 0.3 is 0 Å². The predicted molar refractivity (Wildman–Crippen MR) is 83.4 cm³/mol. The summed E-state index contributed by atoms with van der Waals surface area (Å²) in [7, 11) is 0. The van der Waals surface area contributed by atoms with Crippen LogP contribution >= 0.6 is 0 Å². The van der Waals surface area contributed by atoms with E-state index in [1.807, 2.05) is 31.3 Å². The van der Waals surface area contributed by atoms with Gasteiger partial charge in [0.1, 0.15) is 5.82 Å². The monoisotopic (exact) mass is 285 g/mol. The third-order valence-electron chi connectivity index (χ3n) is 4.46. The number of rotatable bonds is 5. The predicted octanol–water partition coefficient (Wildman–Crippen LogP) is 2.43. The van der Waals surface area contributed by atoms with E-state index in [-0.39, 0.29) is 6.61 Å². The second-order valence-corrected chi connectivity index (χ2v) is 5.83. The van der Waals surface area contributed by atoms with E-state index in [0.717, 1.165) is 30.9 Å². The highest BCUT2D eigenvalue weighted by molar-refractivity contribution is 5.35. The summed E-state index contributed by atoms with van der Waals surface area (Å²) in [4.78, 5) is 4.45. The number of para-hydroxylation sites is 1. The van der Waals surface area contributed by atoms with Gasteiger partial charge in [-0.25, -0.2) is 4.98 Å². The minimum Gasteiger partial charge on any atom is -0.396 e. The van der Waals surface area contributed by atoms with Crippen LogP contribution in [0.5, 0.6) is 0 Å². The van der Waals surface area contributed by atoms with Crippen molar-refractivity contribution in [3.8, 4) is 5.69 Å². The fourth-order valence-electron chi connectivity index (χ4n) is 3.31. The highest BCUT2D eigenvalue weighted by Crippen LogP contribution is 2.25. The average molecular weight is 285 g/mol. The fourth-order valence-corrected chi connectivity index (χ4v) is 3.31. The summed E-state index contributed by atoms with van der Waals surface area (Å²) < 4.78 is 2.19. The first-order valence-corrected chi connectivity index (χ1v) is 7.72. The van der Waals surface area contributed by atoms with Crippen molar-refractivity contribution in [3.63, 3.8) is 0 Å². The van der Waals surface area contributed by atoms with Crippen LogP contribution in [0.4, 0.5) is 0 Å². The van der Waals surface area contributed by atoms with E-state index >= 15 is 0 Å². The zero-order chi connectivity index (χ0) is 14.7. The van der Waals surface area contributed by atoms with Crippen molar-refractivity contribution in [2.45, 2.75) is 38.8 Å². The molecule has 0 bridgehead atoms. The summed E-state index contributed by atoms with van der Waals surface area (Å²) in [5.74, 6) is 1.40. The Balaban J connectivity index is 1.75. The van der Waals surface area contributed by atoms with Crippen LogP contribution in [0.2, 0.25) is 0 Å². The van der Waals surface area contributed by atoms with Crippen molar-refractivity contribution < 1.29 is 5.11 Å². The highest BCUT2D eigenvalue weighted by Gasteiger charge is 2.26. The lowest BCUT2D eigenvalue weighted by Crippen LogP contribution is -2.34. The molecule has 1 aliphatic rings. The lowest BCUT2D eigenvalue weighted by molar-refractivity contribution is 0.205. The molecule has 21 heavy (non-hydrogen) atoms. The molecule has 0 radical (unpaired) electrons. The molecule has 2 atom stereocenters. The second kappa shape index (κ2) is 6.41. The molecule has 1 fully saturated rings. The number of hydrogen-bond acceptors (Lipinski definition) is 3. The molecule has 4 heteroatoms. The number of hydrogen-bond donors (Lipinski definition) is 2. The van der Waals surface area contributed by atoms with E-state index in [1.165, 1.54) is 12.1 Å². The molecule has 3 rings (SSSR count). The van der Waals surface area contributed by atoms with Crippen LogP contribution in [-0.4, -0.2) is 27.3 Å². The van der Waals surface area contributed by atoms with Gasteiger partial charge in [0.25, 0.3) is 0 Å². The summed E-state index contributed by atoms with van der Waals surface area (Å²) in [5.41, 5.74) is 2.32. The standard InChI is InChI=1S/C17H23N3O/c1-13-18-10-16(20(13)15-7-3-2-4-8-15)11-19-17-9-5-6-14(17)12-21/h2-4,7-8,10,14,17,19,21H,5-6,9,11-12H2,1H3. The lowest BCUT2D eigenvalue weighted by Gasteiger charge is -2.19. The normalized spacial score (nSPS) is 21.8. The minimum absolute atomic E-state index is 0.286. The largest absolute Gasteiger partial charge is 0.396 e. The van der Waals surface area contributed by atoms with Crippen LogP contribution in [0, 0.1) is 12.8 Å². The second-order valence-electron chi connectivity index (χ2n) is 5.83. The van der Waals surface area contributed by atoms with E-state index in [0.29, 0.717) is 12.0 Å². The number of aliphatic hydroxyl groups is 1. The SMILES string of the molecule is Cc1ncc(CNC2CCCC2CO)n1-c1ccccc1. The first kappa shape index (κ1) is 14.3. The minimum atomic E-state index is 0.286. The molecule has 4 nitrogen and oxygen atoms in total. The van der Waals surface area contributed by atoms with Gasteiger partial charge in [-0.05, 0) is 37.8 Å². The Hall–Kier alpha value is -1.65. The number of benzene rings is 1. The van der Waals surface area contributed by atoms with Gasteiger partial charge in [-0.15, -0.1) is 0 Å². The van der Waals surface area contributed by atoms with E-state index < -0.39 is 0 Å². The van der Waals surface area contributed by atoms with Gasteiger partial charge in [0, 0.05) is 24.9 Å². The van der Waals surface area contributed by atoms with Crippen LogP contribution in [0.15, 0.2) is 36.5 Å². The number of imidazole rings is 1. The Kier molecular flexibility index (Phi) is 4.36. The Bertz CT molecular complexity index is 579. The Morgan fingerprint density at radius 3 is 2.86 bits per heavy atom. The molecular formula is C17H23N3O. The zero-order valence-electron chi connectivity index (χ0n) is 12.5. The third kappa shape index (κ3) is 3.01. The van der Waals surface area contributed by atoms with Gasteiger partial charge in [-0.1, -0.05) is 24.6 Å². The van der Waals surface area contributed by atoms with E-state index in [4.69, 9.17) is 0 Å². The molecule has 1 aliphatic carbocycles. The van der Waals surface area contributed by atoms with Crippen molar-refractivity contribution >= 4 is 0 Å². The topological polar surface area (TPSA) is 50.1 Å². The van der Waals surface area contributed by atoms with Gasteiger partial charge in [0.2, 0.25) is 0 Å². The van der Waals surface area contributed by atoms with Crippen molar-refractivity contribution in [3.05, 3.63) is 48.0 Å². The molecule has 112 valence electrons. The third-order valence-corrected chi connectivity index (χ3v) is 4.46. The Morgan fingerprint density at radius 2 is 2.10 bits per heavy atom. The maximum absolute atomic E-state index is 9.41. The number of nitrogens with one attached hydrogen (secondary N) is 1. The summed E-state index contributed by atoms with van der Waals surface area (Å²) in [5, 5.41) is 13.0. The molecule has 1 saturated carbocycles. The number of aromatic nitrogens is 2. The van der Waals surface area contributed by atoms with Crippen molar-refractivity contribution in [1.82, 2.24) is 14.9 Å². The molecule has 1 aromatic carbocycles. The lowest BCUT2D eigenvalue weighted by atomic mass is 10.1. The molecule has 2 aromatic rings. The van der Waals surface area contributed by atoms with Crippen molar-refractivity contribution in [1.29, 1.82) is 0 Å². The van der Waals surface area contributed by atoms with Crippen LogP contribution in [0.3, 0.4) is 0 Å². The number of nitrogens with zero attached hydrogens (tertiary/aromatic N) is 2. The summed E-state index contributed by atoms with van der Waals surface area (Å²) in [6.07, 6.45) is 5.44. The van der Waals surface area contributed by atoms with Crippen molar-refractivity contribution in [2.24, 2.45) is 5.92 Å². The first-order chi connectivity index (χ1) is 10.3. The summed E-state index contributed by atoms with van der Waals surface area (Å²) in [6.45, 7) is 3.11. The first-order valence-electron chi connectivity index (χ1n) is 7.72. The van der Waals surface area contributed by atoms with E-state index in [2.05, 4.69) is 27.0 Å². The molecule has 2 unspecified atom stereocenters. The molecule has 1 heterocycles. The van der Waals surface area contributed by atoms with Gasteiger partial charge < -0.3 is 10.4 Å². The van der Waals surface area contributed by atoms with Crippen LogP contribution < -0.4 is 5.32 Å². The maximum Gasteiger partial charge on any atom is 0.110 e.